The summed E-state index contributed by atoms with van der Waals surface area (Å²) in [5.74, 6) is 0.868. The van der Waals surface area contributed by atoms with Crippen molar-refractivity contribution in [1.29, 1.82) is 0 Å². The molecule has 140 valence electrons. The number of amides is 1. The predicted octanol–water partition coefficient (Wildman–Crippen LogP) is 1.95. The Morgan fingerprint density at radius 3 is 2.44 bits per heavy atom. The summed E-state index contributed by atoms with van der Waals surface area (Å²) in [4.78, 5) is 20.1. The van der Waals surface area contributed by atoms with E-state index < -0.39 is 0 Å². The number of carbonyl (C=O) groups is 1. The van der Waals surface area contributed by atoms with Gasteiger partial charge in [-0.2, -0.15) is 0 Å². The van der Waals surface area contributed by atoms with Crippen molar-refractivity contribution in [2.75, 3.05) is 34.7 Å². The second-order valence-electron chi connectivity index (χ2n) is 6.46. The Bertz CT molecular complexity index is 563. The molecule has 6 nitrogen and oxygen atoms in total. The lowest BCUT2D eigenvalue weighted by Crippen LogP contribution is -2.41. The first-order valence-corrected chi connectivity index (χ1v) is 8.33. The van der Waals surface area contributed by atoms with Gasteiger partial charge in [-0.15, -0.1) is 24.0 Å². The Hall–Kier alpha value is -1.35. The summed E-state index contributed by atoms with van der Waals surface area (Å²) >= 11 is 0. The van der Waals surface area contributed by atoms with Crippen LogP contribution in [-0.4, -0.2) is 68.6 Å². The van der Waals surface area contributed by atoms with Crippen LogP contribution in [0.25, 0.3) is 0 Å². The summed E-state index contributed by atoms with van der Waals surface area (Å²) in [6.07, 6.45) is 1.40. The SMILES string of the molecule is CN(C)C(=O)C1CCC(CNC(=NCc2ccccc2)N(C)C)O1.I. The maximum atomic E-state index is 11.9. The second-order valence-corrected chi connectivity index (χ2v) is 6.46. The third-order valence-corrected chi connectivity index (χ3v) is 3.99. The first-order chi connectivity index (χ1) is 11.5. The normalized spacial score (nSPS) is 19.9. The van der Waals surface area contributed by atoms with Gasteiger partial charge >= 0.3 is 0 Å². The quantitative estimate of drug-likeness (QED) is 0.415. The standard InChI is InChI=1S/C18H28N4O2.HI/c1-21(2)17(23)16-11-10-15(24-16)13-20-18(22(3)4)19-12-14-8-6-5-7-9-14;/h5-9,15-16H,10-13H2,1-4H3,(H,19,20);1H. The molecule has 1 amide bonds. The van der Waals surface area contributed by atoms with E-state index in [-0.39, 0.29) is 42.1 Å². The van der Waals surface area contributed by atoms with E-state index in [1.807, 2.05) is 37.2 Å². The van der Waals surface area contributed by atoms with Crippen molar-refractivity contribution in [3.63, 3.8) is 0 Å². The van der Waals surface area contributed by atoms with Crippen LogP contribution in [0.2, 0.25) is 0 Å². The number of guanidine groups is 1. The average molecular weight is 460 g/mol. The molecule has 1 aromatic carbocycles. The Balaban J connectivity index is 0.00000312. The zero-order valence-corrected chi connectivity index (χ0v) is 17.8. The summed E-state index contributed by atoms with van der Waals surface area (Å²) in [6, 6.07) is 10.2. The molecular formula is C18H29IN4O2. The van der Waals surface area contributed by atoms with Gasteiger partial charge in [-0.1, -0.05) is 30.3 Å². The lowest BCUT2D eigenvalue weighted by molar-refractivity contribution is -0.140. The third kappa shape index (κ3) is 6.81. The molecule has 1 aliphatic rings. The Labute approximate surface area is 167 Å². The van der Waals surface area contributed by atoms with Crippen LogP contribution in [0, 0.1) is 0 Å². The number of likely N-dealkylation sites (N-methyl/N-ethyl adjacent to an activating group) is 1. The molecule has 1 heterocycles. The molecule has 1 N–H and O–H groups in total. The van der Waals surface area contributed by atoms with Crippen LogP contribution < -0.4 is 5.32 Å². The number of benzene rings is 1. The molecule has 1 saturated heterocycles. The van der Waals surface area contributed by atoms with E-state index in [2.05, 4.69) is 22.4 Å². The molecule has 0 aliphatic carbocycles. The Kier molecular flexibility index (Phi) is 9.20. The predicted molar refractivity (Wildman–Crippen MR) is 111 cm³/mol. The van der Waals surface area contributed by atoms with Crippen molar-refractivity contribution in [1.82, 2.24) is 15.1 Å². The van der Waals surface area contributed by atoms with Gasteiger partial charge in [0, 0.05) is 34.7 Å². The minimum Gasteiger partial charge on any atom is -0.363 e. The summed E-state index contributed by atoms with van der Waals surface area (Å²) in [6.45, 7) is 1.29. The molecule has 1 fully saturated rings. The number of nitrogens with one attached hydrogen (secondary N) is 1. The molecule has 0 spiro atoms. The molecular weight excluding hydrogens is 431 g/mol. The minimum absolute atomic E-state index is 0. The maximum Gasteiger partial charge on any atom is 0.251 e. The van der Waals surface area contributed by atoms with E-state index in [1.54, 1.807) is 19.0 Å². The maximum absolute atomic E-state index is 11.9. The summed E-state index contributed by atoms with van der Waals surface area (Å²) in [5.41, 5.74) is 1.17. The van der Waals surface area contributed by atoms with E-state index in [9.17, 15) is 4.79 Å². The molecule has 0 saturated carbocycles. The number of halogens is 1. The second kappa shape index (κ2) is 10.6. The molecule has 1 aromatic rings. The number of hydrogen-bond acceptors (Lipinski definition) is 3. The molecule has 7 heteroatoms. The zero-order chi connectivity index (χ0) is 17.5. The van der Waals surface area contributed by atoms with Gasteiger partial charge in [-0.3, -0.25) is 4.79 Å². The van der Waals surface area contributed by atoms with Crippen LogP contribution in [-0.2, 0) is 16.1 Å². The van der Waals surface area contributed by atoms with Crippen molar-refractivity contribution in [3.8, 4) is 0 Å². The number of nitrogens with zero attached hydrogens (tertiary/aromatic N) is 3. The van der Waals surface area contributed by atoms with Crippen LogP contribution in [0.4, 0.5) is 0 Å². The molecule has 2 unspecified atom stereocenters. The number of ether oxygens (including phenoxy) is 1. The van der Waals surface area contributed by atoms with E-state index in [0.717, 1.165) is 18.8 Å². The molecule has 0 bridgehead atoms. The topological polar surface area (TPSA) is 57.2 Å². The van der Waals surface area contributed by atoms with E-state index >= 15 is 0 Å². The highest BCUT2D eigenvalue weighted by Crippen LogP contribution is 2.20. The summed E-state index contributed by atoms with van der Waals surface area (Å²) < 4.78 is 5.85. The number of hydrogen-bond donors (Lipinski definition) is 1. The van der Waals surface area contributed by atoms with Crippen molar-refractivity contribution in [2.24, 2.45) is 4.99 Å². The van der Waals surface area contributed by atoms with Gasteiger partial charge in [0.25, 0.3) is 5.91 Å². The number of rotatable bonds is 5. The van der Waals surface area contributed by atoms with Crippen molar-refractivity contribution >= 4 is 35.8 Å². The number of aliphatic imine (C=N–C) groups is 1. The smallest absolute Gasteiger partial charge is 0.251 e. The van der Waals surface area contributed by atoms with Crippen molar-refractivity contribution in [3.05, 3.63) is 35.9 Å². The fourth-order valence-corrected chi connectivity index (χ4v) is 2.64. The lowest BCUT2D eigenvalue weighted by Gasteiger charge is -2.21. The van der Waals surface area contributed by atoms with Gasteiger partial charge in [0.15, 0.2) is 5.96 Å². The van der Waals surface area contributed by atoms with Gasteiger partial charge in [-0.25, -0.2) is 4.99 Å². The first kappa shape index (κ1) is 21.7. The van der Waals surface area contributed by atoms with E-state index in [4.69, 9.17) is 4.74 Å². The first-order valence-electron chi connectivity index (χ1n) is 8.33. The van der Waals surface area contributed by atoms with Gasteiger partial charge in [-0.05, 0) is 18.4 Å². The third-order valence-electron chi connectivity index (χ3n) is 3.99. The van der Waals surface area contributed by atoms with E-state index in [1.165, 1.54) is 5.56 Å². The molecule has 25 heavy (non-hydrogen) atoms. The minimum atomic E-state index is -0.309. The monoisotopic (exact) mass is 460 g/mol. The van der Waals surface area contributed by atoms with Crippen LogP contribution in [0.15, 0.2) is 35.3 Å². The zero-order valence-electron chi connectivity index (χ0n) is 15.4. The van der Waals surface area contributed by atoms with Crippen molar-refractivity contribution in [2.45, 2.75) is 31.6 Å². The van der Waals surface area contributed by atoms with Crippen LogP contribution in [0.3, 0.4) is 0 Å². The molecule has 2 atom stereocenters. The largest absolute Gasteiger partial charge is 0.363 e. The lowest BCUT2D eigenvalue weighted by atomic mass is 10.2. The van der Waals surface area contributed by atoms with Crippen LogP contribution in [0.5, 0.6) is 0 Å². The highest BCUT2D eigenvalue weighted by atomic mass is 127. The van der Waals surface area contributed by atoms with Crippen LogP contribution in [0.1, 0.15) is 18.4 Å². The van der Waals surface area contributed by atoms with Gasteiger partial charge < -0.3 is 19.9 Å². The highest BCUT2D eigenvalue weighted by Gasteiger charge is 2.31. The van der Waals surface area contributed by atoms with Gasteiger partial charge in [0.1, 0.15) is 6.10 Å². The van der Waals surface area contributed by atoms with Gasteiger partial charge in [0.2, 0.25) is 0 Å². The Morgan fingerprint density at radius 1 is 1.16 bits per heavy atom. The molecule has 2 rings (SSSR count). The molecule has 0 aromatic heterocycles. The molecule has 0 radical (unpaired) electrons. The van der Waals surface area contributed by atoms with Crippen molar-refractivity contribution < 1.29 is 9.53 Å². The summed E-state index contributed by atoms with van der Waals surface area (Å²) in [5, 5.41) is 3.35. The van der Waals surface area contributed by atoms with Crippen LogP contribution >= 0.6 is 24.0 Å². The fourth-order valence-electron chi connectivity index (χ4n) is 2.64. The van der Waals surface area contributed by atoms with Gasteiger partial charge in [0.05, 0.1) is 12.6 Å². The molecule has 1 aliphatic heterocycles. The highest BCUT2D eigenvalue weighted by molar-refractivity contribution is 14.0. The average Bonchev–Trinajstić information content (AvgIpc) is 3.03. The Morgan fingerprint density at radius 2 is 1.84 bits per heavy atom. The fraction of sp³-hybridized carbons (Fsp3) is 0.556. The van der Waals surface area contributed by atoms with E-state index in [0.29, 0.717) is 13.1 Å². The summed E-state index contributed by atoms with van der Waals surface area (Å²) in [7, 11) is 7.45. The number of carbonyl (C=O) groups excluding carboxylic acids is 1.